The molecular weight excluding hydrogens is 252 g/mol. The highest BCUT2D eigenvalue weighted by atomic mass is 32.2. The molecule has 19 heavy (non-hydrogen) atoms. The van der Waals surface area contributed by atoms with Crippen LogP contribution in [0.25, 0.3) is 0 Å². The number of nitrogens with zero attached hydrogens (tertiary/aromatic N) is 1. The van der Waals surface area contributed by atoms with Crippen molar-refractivity contribution < 1.29 is 0 Å². The molecule has 114 valence electrons. The van der Waals surface area contributed by atoms with Crippen LogP contribution < -0.4 is 5.32 Å². The lowest BCUT2D eigenvalue weighted by molar-refractivity contribution is 0.0554. The second-order valence-corrected chi connectivity index (χ2v) is 7.66. The van der Waals surface area contributed by atoms with Crippen molar-refractivity contribution >= 4 is 11.8 Å². The molecule has 0 aromatic rings. The molecule has 0 aliphatic carbocycles. The Balaban J connectivity index is 2.55. The summed E-state index contributed by atoms with van der Waals surface area (Å²) in [5, 5.41) is 3.80. The van der Waals surface area contributed by atoms with E-state index in [1.807, 2.05) is 0 Å². The third-order valence-corrected chi connectivity index (χ3v) is 5.76. The summed E-state index contributed by atoms with van der Waals surface area (Å²) in [5.74, 6) is 3.37. The fraction of sp³-hybridized carbons (Fsp3) is 1.00. The Labute approximate surface area is 125 Å². The first kappa shape index (κ1) is 17.3. The molecule has 1 saturated heterocycles. The zero-order chi connectivity index (χ0) is 14.3. The minimum atomic E-state index is 0.321. The molecule has 0 aromatic carbocycles. The molecule has 0 saturated carbocycles. The fourth-order valence-corrected chi connectivity index (χ4v) is 3.55. The van der Waals surface area contributed by atoms with E-state index in [4.69, 9.17) is 0 Å². The molecule has 2 nitrogen and oxygen atoms in total. The monoisotopic (exact) mass is 286 g/mol. The van der Waals surface area contributed by atoms with Crippen molar-refractivity contribution in [2.24, 2.45) is 5.92 Å². The lowest BCUT2D eigenvalue weighted by Crippen LogP contribution is -2.64. The average molecular weight is 287 g/mol. The van der Waals surface area contributed by atoms with E-state index >= 15 is 0 Å². The highest BCUT2D eigenvalue weighted by Gasteiger charge is 2.35. The maximum atomic E-state index is 3.80. The van der Waals surface area contributed by atoms with Crippen molar-refractivity contribution in [1.82, 2.24) is 10.2 Å². The van der Waals surface area contributed by atoms with E-state index in [1.165, 1.54) is 50.4 Å². The molecule has 1 fully saturated rings. The first-order valence-corrected chi connectivity index (χ1v) is 9.28. The van der Waals surface area contributed by atoms with Crippen LogP contribution in [0.4, 0.5) is 0 Å². The molecule has 3 heteroatoms. The van der Waals surface area contributed by atoms with Gasteiger partial charge in [0.15, 0.2) is 0 Å². The van der Waals surface area contributed by atoms with Crippen LogP contribution in [0.15, 0.2) is 0 Å². The minimum absolute atomic E-state index is 0.321. The summed E-state index contributed by atoms with van der Waals surface area (Å²) in [5.41, 5.74) is 0.321. The van der Waals surface area contributed by atoms with Gasteiger partial charge in [0.2, 0.25) is 0 Å². The summed E-state index contributed by atoms with van der Waals surface area (Å²) in [7, 11) is 0. The Bertz CT molecular complexity index is 247. The standard InChI is InChI=1S/C16H34N2S/c1-6-14(4)15-12-17-16(5,7-2)13-18(15)10-9-11-19-8-3/h14-15,17H,6-13H2,1-5H3. The molecule has 0 bridgehead atoms. The Kier molecular flexibility index (Phi) is 7.78. The van der Waals surface area contributed by atoms with E-state index < -0.39 is 0 Å². The lowest BCUT2D eigenvalue weighted by atomic mass is 9.88. The Morgan fingerprint density at radius 3 is 2.68 bits per heavy atom. The van der Waals surface area contributed by atoms with Crippen LogP contribution in [0.5, 0.6) is 0 Å². The first-order valence-electron chi connectivity index (χ1n) is 8.13. The smallest absolute Gasteiger partial charge is 0.0278 e. The number of hydrogen-bond donors (Lipinski definition) is 1. The summed E-state index contributed by atoms with van der Waals surface area (Å²) in [6.07, 6.45) is 3.85. The number of hydrogen-bond acceptors (Lipinski definition) is 3. The molecule has 1 rings (SSSR count). The van der Waals surface area contributed by atoms with Gasteiger partial charge in [-0.1, -0.05) is 34.1 Å². The van der Waals surface area contributed by atoms with Crippen molar-refractivity contribution in [3.63, 3.8) is 0 Å². The van der Waals surface area contributed by atoms with Crippen LogP contribution in [0, 0.1) is 5.92 Å². The number of piperazine rings is 1. The second-order valence-electron chi connectivity index (χ2n) is 6.27. The third-order valence-electron chi connectivity index (χ3n) is 4.78. The van der Waals surface area contributed by atoms with Gasteiger partial charge in [0.25, 0.3) is 0 Å². The van der Waals surface area contributed by atoms with Crippen molar-refractivity contribution in [3.05, 3.63) is 0 Å². The molecular formula is C16H34N2S. The molecule has 0 amide bonds. The van der Waals surface area contributed by atoms with E-state index in [2.05, 4.69) is 56.6 Å². The summed E-state index contributed by atoms with van der Waals surface area (Å²) in [6, 6.07) is 0.733. The molecule has 1 aliphatic rings. The van der Waals surface area contributed by atoms with Gasteiger partial charge < -0.3 is 5.32 Å². The number of thioether (sulfide) groups is 1. The minimum Gasteiger partial charge on any atom is -0.309 e. The van der Waals surface area contributed by atoms with Gasteiger partial charge in [0.05, 0.1) is 0 Å². The van der Waals surface area contributed by atoms with Crippen LogP contribution in [0.3, 0.4) is 0 Å². The number of nitrogens with one attached hydrogen (secondary N) is 1. The van der Waals surface area contributed by atoms with Gasteiger partial charge in [-0.15, -0.1) is 0 Å². The van der Waals surface area contributed by atoms with Gasteiger partial charge in [-0.05, 0) is 43.7 Å². The average Bonchev–Trinajstić information content (AvgIpc) is 2.43. The molecule has 0 radical (unpaired) electrons. The van der Waals surface area contributed by atoms with Crippen LogP contribution in [-0.4, -0.2) is 47.6 Å². The summed E-state index contributed by atoms with van der Waals surface area (Å²) >= 11 is 2.08. The van der Waals surface area contributed by atoms with Crippen molar-refractivity contribution in [2.75, 3.05) is 31.1 Å². The van der Waals surface area contributed by atoms with E-state index in [1.54, 1.807) is 0 Å². The van der Waals surface area contributed by atoms with Crippen LogP contribution in [-0.2, 0) is 0 Å². The highest BCUT2D eigenvalue weighted by Crippen LogP contribution is 2.24. The molecule has 0 aromatic heterocycles. The topological polar surface area (TPSA) is 15.3 Å². The maximum Gasteiger partial charge on any atom is 0.0278 e. The second kappa shape index (κ2) is 8.53. The first-order chi connectivity index (χ1) is 9.06. The highest BCUT2D eigenvalue weighted by molar-refractivity contribution is 7.99. The van der Waals surface area contributed by atoms with E-state index in [0.29, 0.717) is 5.54 Å². The molecule has 1 heterocycles. The van der Waals surface area contributed by atoms with Gasteiger partial charge >= 0.3 is 0 Å². The SMILES string of the molecule is CCSCCCN1CC(C)(CC)NCC1C(C)CC. The van der Waals surface area contributed by atoms with Crippen molar-refractivity contribution in [2.45, 2.75) is 65.5 Å². The molecule has 1 aliphatic heterocycles. The molecule has 3 unspecified atom stereocenters. The number of rotatable bonds is 8. The van der Waals surface area contributed by atoms with E-state index in [0.717, 1.165) is 12.0 Å². The third kappa shape index (κ3) is 5.28. The van der Waals surface area contributed by atoms with E-state index in [9.17, 15) is 0 Å². The van der Waals surface area contributed by atoms with Gasteiger partial charge in [0.1, 0.15) is 0 Å². The maximum absolute atomic E-state index is 3.80. The lowest BCUT2D eigenvalue weighted by Gasteiger charge is -2.48. The molecule has 0 spiro atoms. The normalized spacial score (nSPS) is 30.5. The predicted molar refractivity (Wildman–Crippen MR) is 89.1 cm³/mol. The Hall–Kier alpha value is 0.270. The summed E-state index contributed by atoms with van der Waals surface area (Å²) < 4.78 is 0. The molecule has 3 atom stereocenters. The largest absolute Gasteiger partial charge is 0.309 e. The van der Waals surface area contributed by atoms with Gasteiger partial charge in [-0.25, -0.2) is 0 Å². The van der Waals surface area contributed by atoms with Crippen LogP contribution in [0.2, 0.25) is 0 Å². The van der Waals surface area contributed by atoms with Crippen molar-refractivity contribution in [1.29, 1.82) is 0 Å². The Morgan fingerprint density at radius 1 is 1.37 bits per heavy atom. The van der Waals surface area contributed by atoms with Crippen molar-refractivity contribution in [3.8, 4) is 0 Å². The quantitative estimate of drug-likeness (QED) is 0.686. The van der Waals surface area contributed by atoms with Gasteiger partial charge in [-0.3, -0.25) is 4.90 Å². The van der Waals surface area contributed by atoms with Crippen LogP contribution in [0.1, 0.15) is 53.9 Å². The zero-order valence-electron chi connectivity index (χ0n) is 13.7. The summed E-state index contributed by atoms with van der Waals surface area (Å²) in [6.45, 7) is 15.3. The van der Waals surface area contributed by atoms with Crippen LogP contribution >= 0.6 is 11.8 Å². The van der Waals surface area contributed by atoms with Gasteiger partial charge in [0, 0.05) is 24.7 Å². The zero-order valence-corrected chi connectivity index (χ0v) is 14.5. The molecule has 1 N–H and O–H groups in total. The fourth-order valence-electron chi connectivity index (χ4n) is 2.93. The van der Waals surface area contributed by atoms with Gasteiger partial charge in [-0.2, -0.15) is 11.8 Å². The Morgan fingerprint density at radius 2 is 2.11 bits per heavy atom. The summed E-state index contributed by atoms with van der Waals surface area (Å²) in [4.78, 5) is 2.77. The van der Waals surface area contributed by atoms with E-state index in [-0.39, 0.29) is 0 Å². The predicted octanol–water partition coefficient (Wildman–Crippen LogP) is 3.62.